The molecule has 0 radical (unpaired) electrons. The van der Waals surface area contributed by atoms with Gasteiger partial charge in [-0.1, -0.05) is 80.4 Å². The number of unbranched alkanes of at least 4 members (excludes halogenated alkanes) is 2. The molecule has 2 fully saturated rings. The summed E-state index contributed by atoms with van der Waals surface area (Å²) in [6.45, 7) is 17.2. The topological polar surface area (TPSA) is 626 Å². The van der Waals surface area contributed by atoms with Gasteiger partial charge in [-0.3, -0.25) is 76.7 Å². The van der Waals surface area contributed by atoms with Crippen LogP contribution in [0, 0.1) is 23.7 Å². The summed E-state index contributed by atoms with van der Waals surface area (Å²) in [7, 11) is 0. The van der Waals surface area contributed by atoms with Gasteiger partial charge >= 0.3 is 11.9 Å². The summed E-state index contributed by atoms with van der Waals surface area (Å²) in [5, 5.41) is 70.6. The van der Waals surface area contributed by atoms with E-state index >= 15 is 0 Å². The number of carboxylic acid groups (broad SMARTS) is 2. The predicted octanol–water partition coefficient (Wildman–Crippen LogP) is -4.01. The third kappa shape index (κ3) is 32.0. The first kappa shape index (κ1) is 98.0. The molecule has 2 heterocycles. The molecule has 0 aliphatic carbocycles. The van der Waals surface area contributed by atoms with Crippen molar-refractivity contribution in [1.82, 2.24) is 73.6 Å². The fourth-order valence-corrected chi connectivity index (χ4v) is 12.8. The Morgan fingerprint density at radius 1 is 0.491 bits per heavy atom. The molecule has 15 amide bonds. The van der Waals surface area contributed by atoms with E-state index in [1.807, 2.05) is 0 Å². The molecule has 24 N–H and O–H groups in total. The quantitative estimate of drug-likeness (QED) is 0.0276. The second kappa shape index (κ2) is 48.8. The number of aliphatic hydroxyl groups excluding tert-OH is 1. The number of benzene rings is 1. The van der Waals surface area contributed by atoms with Crippen LogP contribution in [0.15, 0.2) is 24.3 Å². The maximum atomic E-state index is 14.8. The summed E-state index contributed by atoms with van der Waals surface area (Å²) >= 11 is 0. The van der Waals surface area contributed by atoms with Crippen LogP contribution in [0.4, 0.5) is 0 Å². The van der Waals surface area contributed by atoms with Crippen molar-refractivity contribution in [2.45, 2.75) is 276 Å². The summed E-state index contributed by atoms with van der Waals surface area (Å²) in [6.07, 6.45) is -0.381. The average Bonchev–Trinajstić information content (AvgIpc) is 1.61. The molecule has 39 heteroatoms. The number of amides is 15. The largest absolute Gasteiger partial charge is 0.508 e. The normalized spacial score (nSPS) is 17.9. The highest BCUT2D eigenvalue weighted by Crippen LogP contribution is 2.25. The number of carbonyl (C=O) groups excluding carboxylic acids is 15. The van der Waals surface area contributed by atoms with Crippen molar-refractivity contribution in [1.29, 1.82) is 0 Å². The molecule has 2 aliphatic rings. The number of phenols is 1. The average molecular weight is 1610 g/mol. The van der Waals surface area contributed by atoms with Gasteiger partial charge in [-0.2, -0.15) is 0 Å². The minimum Gasteiger partial charge on any atom is -0.508 e. The highest BCUT2D eigenvalue weighted by atomic mass is 16.4. The summed E-state index contributed by atoms with van der Waals surface area (Å²) in [5.74, 6) is -17.9. The van der Waals surface area contributed by atoms with Crippen LogP contribution in [-0.4, -0.2) is 254 Å². The standard InChI is InChI=1S/C75H124N18O21/c1-12-40(7)59(71(109)83-47(20-14-16-30-76)65(103)81-43(10)63(101)85-52(36-57(98)99)67(105)84-49(75(113)114)21-15-17-31-77)90-68(106)50(34-38(3)4)86-69(107)54-23-19-33-93(54)74(112)60(41(8)13-2)88-56(97)37-80-64(102)51(35-45-24-26-46(95)27-25-45)87-70(108)53-22-18-32-92(53)73(111)58(39(5)6)89-72(110)61(44(11)94)91-66(104)48(28-29-55(79)96)82-62(100)42(9)78/h24-27,38-44,47-54,58-61,94-95H,12-23,28-37,76-78H2,1-11H3,(H2,79,96)(H,80,102)(H,81,103)(H,82,100)(H,83,109)(H,84,105)(H,85,101)(H,86,107)(H,87,108)(H,88,97)(H,89,110)(H,90,106)(H,91,104)(H,98,99)(H,113,114)/t40-,41-,42-,43-,44+,47-,48-,49-,50-,51-,52-,53-,54-,58-,59-,60-,61-/m0/s1. The molecule has 0 aromatic heterocycles. The Morgan fingerprint density at radius 2 is 0.947 bits per heavy atom. The van der Waals surface area contributed by atoms with Crippen molar-refractivity contribution in [2.24, 2.45) is 46.6 Å². The Hall–Kier alpha value is -10.1. The summed E-state index contributed by atoms with van der Waals surface area (Å²) < 4.78 is 0. The number of hydrogen-bond donors (Lipinski definition) is 20. The van der Waals surface area contributed by atoms with Gasteiger partial charge in [0.25, 0.3) is 0 Å². The molecular formula is C75H124N18O21. The fourth-order valence-electron chi connectivity index (χ4n) is 12.8. The van der Waals surface area contributed by atoms with Gasteiger partial charge in [0.1, 0.15) is 84.3 Å². The lowest BCUT2D eigenvalue weighted by Crippen LogP contribution is -2.62. The smallest absolute Gasteiger partial charge is 0.326 e. The second-order valence-electron chi connectivity index (χ2n) is 30.3. The number of rotatable bonds is 50. The molecule has 1 aromatic carbocycles. The Bertz CT molecular complexity index is 3470. The van der Waals surface area contributed by atoms with E-state index in [2.05, 4.69) is 63.8 Å². The van der Waals surface area contributed by atoms with Crippen molar-refractivity contribution in [2.75, 3.05) is 32.7 Å². The lowest BCUT2D eigenvalue weighted by Gasteiger charge is -2.33. The van der Waals surface area contributed by atoms with Crippen molar-refractivity contribution in [3.8, 4) is 5.75 Å². The van der Waals surface area contributed by atoms with Crippen LogP contribution < -0.4 is 86.7 Å². The number of carboxylic acids is 2. The van der Waals surface area contributed by atoms with Crippen LogP contribution in [-0.2, 0) is 87.9 Å². The number of aromatic hydroxyl groups is 1. The van der Waals surface area contributed by atoms with E-state index in [4.69, 9.17) is 22.9 Å². The first-order valence-electron chi connectivity index (χ1n) is 39.2. The molecule has 17 atom stereocenters. The van der Waals surface area contributed by atoms with Crippen LogP contribution in [0.25, 0.3) is 0 Å². The van der Waals surface area contributed by atoms with E-state index in [1.54, 1.807) is 55.4 Å². The number of nitrogens with two attached hydrogens (primary N) is 4. The number of aliphatic hydroxyl groups is 1. The van der Waals surface area contributed by atoms with Gasteiger partial charge in [-0.15, -0.1) is 0 Å². The minimum atomic E-state index is -1.77. The summed E-state index contributed by atoms with van der Waals surface area (Å²) in [6, 6.07) is -13.6. The highest BCUT2D eigenvalue weighted by molar-refractivity contribution is 6.01. The van der Waals surface area contributed by atoms with Gasteiger partial charge in [-0.25, -0.2) is 4.79 Å². The molecule has 0 saturated carbocycles. The molecule has 39 nitrogen and oxygen atoms in total. The number of nitrogens with one attached hydrogen (secondary N) is 12. The summed E-state index contributed by atoms with van der Waals surface area (Å²) in [5.41, 5.74) is 22.7. The van der Waals surface area contributed by atoms with Gasteiger partial charge in [0.2, 0.25) is 88.6 Å². The van der Waals surface area contributed by atoms with E-state index in [1.165, 1.54) is 54.8 Å². The minimum absolute atomic E-state index is 0.0153. The maximum absolute atomic E-state index is 14.8. The number of carbonyl (C=O) groups is 17. The number of nitrogens with zero attached hydrogens (tertiary/aromatic N) is 2. The summed E-state index contributed by atoms with van der Waals surface area (Å²) in [4.78, 5) is 234. The molecule has 1 aromatic rings. The van der Waals surface area contributed by atoms with Crippen molar-refractivity contribution in [3.63, 3.8) is 0 Å². The predicted molar refractivity (Wildman–Crippen MR) is 414 cm³/mol. The zero-order chi connectivity index (χ0) is 86.0. The van der Waals surface area contributed by atoms with E-state index < -0.39 is 222 Å². The zero-order valence-corrected chi connectivity index (χ0v) is 67.3. The van der Waals surface area contributed by atoms with Gasteiger partial charge in [0.05, 0.1) is 25.1 Å². The van der Waals surface area contributed by atoms with Gasteiger partial charge < -0.3 is 117 Å². The fraction of sp³-hybridized carbons (Fsp3) is 0.693. The number of phenolic OH excluding ortho intramolecular Hbond substituents is 1. The van der Waals surface area contributed by atoms with Crippen molar-refractivity contribution >= 4 is 101 Å². The van der Waals surface area contributed by atoms with Crippen LogP contribution in [0.5, 0.6) is 5.75 Å². The van der Waals surface area contributed by atoms with Crippen LogP contribution >= 0.6 is 0 Å². The van der Waals surface area contributed by atoms with Gasteiger partial charge in [0.15, 0.2) is 0 Å². The monoisotopic (exact) mass is 1610 g/mol. The van der Waals surface area contributed by atoms with E-state index in [-0.39, 0.29) is 89.2 Å². The number of likely N-dealkylation sites (tertiary alicyclic amines) is 2. The van der Waals surface area contributed by atoms with Crippen LogP contribution in [0.1, 0.15) is 184 Å². The van der Waals surface area contributed by atoms with Gasteiger partial charge in [0, 0.05) is 25.9 Å². The Kier molecular flexibility index (Phi) is 42.0. The van der Waals surface area contributed by atoms with Crippen molar-refractivity contribution in [3.05, 3.63) is 29.8 Å². The van der Waals surface area contributed by atoms with Crippen molar-refractivity contribution < 1.29 is 102 Å². The molecule has 0 bridgehead atoms. The Morgan fingerprint density at radius 3 is 1.45 bits per heavy atom. The second-order valence-corrected chi connectivity index (χ2v) is 30.3. The third-order valence-corrected chi connectivity index (χ3v) is 20.0. The van der Waals surface area contributed by atoms with E-state index in [0.29, 0.717) is 56.9 Å². The molecule has 0 unspecified atom stereocenters. The highest BCUT2D eigenvalue weighted by Gasteiger charge is 2.44. The first-order valence-corrected chi connectivity index (χ1v) is 39.2. The molecule has 3 rings (SSSR count). The first-order chi connectivity index (χ1) is 53.6. The van der Waals surface area contributed by atoms with Crippen LogP contribution in [0.3, 0.4) is 0 Å². The van der Waals surface area contributed by atoms with E-state index in [0.717, 1.165) is 0 Å². The molecular weight excluding hydrogens is 1490 g/mol. The lowest BCUT2D eigenvalue weighted by atomic mass is 9.95. The number of primary amides is 1. The molecule has 114 heavy (non-hydrogen) atoms. The van der Waals surface area contributed by atoms with Crippen LogP contribution in [0.2, 0.25) is 0 Å². The Balaban J connectivity index is 1.83. The SMILES string of the molecule is CC[C@H](C)[C@H](NC(=O)[C@H](CC(C)C)NC(=O)[C@@H]1CCCN1C(=O)[C@@H](NC(=O)CNC(=O)[C@H](Cc1ccc(O)cc1)NC(=O)[C@@H]1CCCN1C(=O)[C@@H](NC(=O)[C@@H](NC(=O)[C@H](CCC(N)=O)NC(=O)[C@H](C)N)[C@@H](C)O)C(C)C)[C@@H](C)CC)C(=O)N[C@@H](CCCCN)C(=O)N[C@@H](C)C(=O)N[C@@H](CC(=O)O)C(=O)N[C@@H](CCCCN)C(=O)O. The number of hydrogen-bond acceptors (Lipinski definition) is 22. The molecule has 2 aliphatic heterocycles. The molecule has 2 saturated heterocycles. The Labute approximate surface area is 664 Å². The molecule has 0 spiro atoms. The maximum Gasteiger partial charge on any atom is 0.326 e. The number of aliphatic carboxylic acids is 2. The van der Waals surface area contributed by atoms with Gasteiger partial charge in [-0.05, 0) is 152 Å². The molecule has 640 valence electrons. The van der Waals surface area contributed by atoms with E-state index in [9.17, 15) is 102 Å². The zero-order valence-electron chi connectivity index (χ0n) is 67.3. The lowest BCUT2D eigenvalue weighted by molar-refractivity contribution is -0.144. The third-order valence-electron chi connectivity index (χ3n) is 20.0.